The lowest BCUT2D eigenvalue weighted by atomic mass is 10.0. The summed E-state index contributed by atoms with van der Waals surface area (Å²) in [4.78, 5) is 23.8. The van der Waals surface area contributed by atoms with Crippen LogP contribution in [0.2, 0.25) is 0 Å². The fourth-order valence-corrected chi connectivity index (χ4v) is 4.15. The zero-order valence-electron chi connectivity index (χ0n) is 15.6. The van der Waals surface area contributed by atoms with Crippen LogP contribution in [0.5, 0.6) is 0 Å². The van der Waals surface area contributed by atoms with Crippen molar-refractivity contribution in [3.05, 3.63) is 54.1 Å². The highest BCUT2D eigenvalue weighted by Crippen LogP contribution is 2.29. The molecular formula is C20H23ClN6O. The number of nitrogens with zero attached hydrogens (tertiary/aromatic N) is 4. The number of carbonyl (C=O) groups excluding carboxylic acids is 1. The van der Waals surface area contributed by atoms with Crippen molar-refractivity contribution in [2.45, 2.75) is 6.92 Å². The number of hydrogen-bond donors (Lipinski definition) is 2. The van der Waals surface area contributed by atoms with E-state index in [1.807, 2.05) is 48.0 Å². The number of anilines is 2. The van der Waals surface area contributed by atoms with Crippen molar-refractivity contribution in [2.24, 2.45) is 11.8 Å². The van der Waals surface area contributed by atoms with Gasteiger partial charge in [-0.2, -0.15) is 0 Å². The van der Waals surface area contributed by atoms with Crippen molar-refractivity contribution in [1.82, 2.24) is 19.7 Å². The van der Waals surface area contributed by atoms with E-state index in [1.165, 1.54) is 0 Å². The third kappa shape index (κ3) is 3.43. The van der Waals surface area contributed by atoms with Crippen molar-refractivity contribution in [3.63, 3.8) is 0 Å². The molecule has 146 valence electrons. The molecule has 0 bridgehead atoms. The number of carbonyl (C=O) groups is 1. The van der Waals surface area contributed by atoms with E-state index in [1.54, 1.807) is 6.20 Å². The van der Waals surface area contributed by atoms with Gasteiger partial charge in [0, 0.05) is 44.8 Å². The molecule has 0 spiro atoms. The number of fused-ring (bicyclic) bond motifs is 2. The van der Waals surface area contributed by atoms with Gasteiger partial charge in [-0.1, -0.05) is 0 Å². The summed E-state index contributed by atoms with van der Waals surface area (Å²) in [5.74, 6) is 2.23. The van der Waals surface area contributed by atoms with Gasteiger partial charge in [-0.3, -0.25) is 4.79 Å². The average Bonchev–Trinajstić information content (AvgIpc) is 3.35. The van der Waals surface area contributed by atoms with Gasteiger partial charge in [0.25, 0.3) is 5.91 Å². The smallest absolute Gasteiger partial charge is 0.257 e. The maximum absolute atomic E-state index is 12.5. The molecule has 28 heavy (non-hydrogen) atoms. The van der Waals surface area contributed by atoms with E-state index < -0.39 is 0 Å². The number of imidazole rings is 1. The fourth-order valence-electron chi connectivity index (χ4n) is 4.15. The quantitative estimate of drug-likeness (QED) is 0.708. The zero-order chi connectivity index (χ0) is 18.4. The Morgan fingerprint density at radius 3 is 2.64 bits per heavy atom. The van der Waals surface area contributed by atoms with Crippen LogP contribution in [0.1, 0.15) is 16.1 Å². The maximum atomic E-state index is 12.5. The average molecular weight is 399 g/mol. The molecule has 2 aliphatic rings. The Hall–Kier alpha value is -2.64. The molecule has 0 saturated carbocycles. The summed E-state index contributed by atoms with van der Waals surface area (Å²) in [6.45, 7) is 6.23. The largest absolute Gasteiger partial charge is 0.356 e. The summed E-state index contributed by atoms with van der Waals surface area (Å²) >= 11 is 0. The van der Waals surface area contributed by atoms with Gasteiger partial charge in [0.05, 0.1) is 16.9 Å². The van der Waals surface area contributed by atoms with Gasteiger partial charge in [-0.25, -0.2) is 9.97 Å². The highest BCUT2D eigenvalue weighted by atomic mass is 35.5. The van der Waals surface area contributed by atoms with E-state index in [-0.39, 0.29) is 18.3 Å². The molecule has 5 rings (SSSR count). The summed E-state index contributed by atoms with van der Waals surface area (Å²) in [6, 6.07) is 7.55. The number of amides is 1. The first-order chi connectivity index (χ1) is 13.2. The van der Waals surface area contributed by atoms with E-state index in [0.29, 0.717) is 5.56 Å². The minimum absolute atomic E-state index is 0. The van der Waals surface area contributed by atoms with Crippen molar-refractivity contribution < 1.29 is 4.79 Å². The van der Waals surface area contributed by atoms with Crippen LogP contribution in [0.15, 0.2) is 42.9 Å². The Morgan fingerprint density at radius 2 is 1.93 bits per heavy atom. The van der Waals surface area contributed by atoms with Crippen LogP contribution in [0, 0.1) is 18.8 Å². The topological polar surface area (TPSA) is 74.6 Å². The molecule has 0 aromatic carbocycles. The van der Waals surface area contributed by atoms with Crippen LogP contribution in [0.25, 0.3) is 5.65 Å². The summed E-state index contributed by atoms with van der Waals surface area (Å²) in [5, 5.41) is 6.38. The van der Waals surface area contributed by atoms with Crippen LogP contribution in [-0.4, -0.2) is 46.5 Å². The van der Waals surface area contributed by atoms with Crippen LogP contribution in [0.4, 0.5) is 11.5 Å². The van der Waals surface area contributed by atoms with Crippen molar-refractivity contribution in [1.29, 1.82) is 0 Å². The van der Waals surface area contributed by atoms with E-state index in [2.05, 4.69) is 25.5 Å². The maximum Gasteiger partial charge on any atom is 0.257 e. The Labute approximate surface area is 169 Å². The second kappa shape index (κ2) is 7.41. The first-order valence-electron chi connectivity index (χ1n) is 9.34. The highest BCUT2D eigenvalue weighted by molar-refractivity contribution is 6.04. The number of aromatic nitrogens is 3. The second-order valence-electron chi connectivity index (χ2n) is 7.51. The molecule has 0 radical (unpaired) electrons. The number of hydrogen-bond acceptors (Lipinski definition) is 5. The minimum Gasteiger partial charge on any atom is -0.356 e. The fraction of sp³-hybridized carbons (Fsp3) is 0.350. The van der Waals surface area contributed by atoms with Gasteiger partial charge in [-0.05, 0) is 43.0 Å². The van der Waals surface area contributed by atoms with E-state index >= 15 is 0 Å². The summed E-state index contributed by atoms with van der Waals surface area (Å²) in [5.41, 5.74) is 3.10. The van der Waals surface area contributed by atoms with Gasteiger partial charge < -0.3 is 19.9 Å². The number of halogens is 1. The van der Waals surface area contributed by atoms with Gasteiger partial charge in [0.2, 0.25) is 0 Å². The predicted molar refractivity (Wildman–Crippen MR) is 111 cm³/mol. The molecule has 0 unspecified atom stereocenters. The third-order valence-electron chi connectivity index (χ3n) is 5.55. The zero-order valence-corrected chi connectivity index (χ0v) is 16.4. The number of rotatable bonds is 3. The first-order valence-corrected chi connectivity index (χ1v) is 9.34. The second-order valence-corrected chi connectivity index (χ2v) is 7.51. The molecule has 3 aromatic rings. The van der Waals surface area contributed by atoms with Crippen LogP contribution in [0.3, 0.4) is 0 Å². The SMILES string of the molecule is Cc1cn2cc(NC(=O)c3ccc(N4C[C@H]5CNC[C@H]5C4)nc3)ccc2n1.Cl. The number of pyridine rings is 2. The Bertz CT molecular complexity index is 990. The normalized spacial score (nSPS) is 20.8. The predicted octanol–water partition coefficient (Wildman–Crippen LogP) is 2.37. The van der Waals surface area contributed by atoms with Crippen molar-refractivity contribution in [3.8, 4) is 0 Å². The van der Waals surface area contributed by atoms with Gasteiger partial charge in [0.1, 0.15) is 11.5 Å². The summed E-state index contributed by atoms with van der Waals surface area (Å²) in [7, 11) is 0. The molecule has 7 nitrogen and oxygen atoms in total. The molecule has 3 aromatic heterocycles. The lowest BCUT2D eigenvalue weighted by molar-refractivity contribution is 0.102. The van der Waals surface area contributed by atoms with Gasteiger partial charge >= 0.3 is 0 Å². The molecule has 8 heteroatoms. The van der Waals surface area contributed by atoms with E-state index in [4.69, 9.17) is 0 Å². The Morgan fingerprint density at radius 1 is 1.14 bits per heavy atom. The Kier molecular flexibility index (Phi) is 4.95. The summed E-state index contributed by atoms with van der Waals surface area (Å²) < 4.78 is 1.91. The third-order valence-corrected chi connectivity index (χ3v) is 5.55. The van der Waals surface area contributed by atoms with Crippen molar-refractivity contribution >= 4 is 35.5 Å². The number of aryl methyl sites for hydroxylation is 1. The standard InChI is InChI=1S/C20H22N6O.ClH/c1-13-9-25-12-17(3-5-19(25)23-13)24-20(27)14-2-4-18(22-8-14)26-10-15-6-21-7-16(15)11-26;/h2-5,8-9,12,15-16,21H,6-7,10-11H2,1H3,(H,24,27);1H/t15-,16+;. The molecule has 2 N–H and O–H groups in total. The highest BCUT2D eigenvalue weighted by Gasteiger charge is 2.36. The molecule has 1 amide bonds. The molecule has 2 aliphatic heterocycles. The van der Waals surface area contributed by atoms with Gasteiger partial charge in [-0.15, -0.1) is 12.4 Å². The Balaban J connectivity index is 0.00000192. The van der Waals surface area contributed by atoms with Crippen LogP contribution in [-0.2, 0) is 0 Å². The molecule has 0 aliphatic carbocycles. The lowest BCUT2D eigenvalue weighted by Crippen LogP contribution is -2.26. The first kappa shape index (κ1) is 18.7. The van der Waals surface area contributed by atoms with Crippen LogP contribution >= 0.6 is 12.4 Å². The number of nitrogens with one attached hydrogen (secondary N) is 2. The van der Waals surface area contributed by atoms with Crippen LogP contribution < -0.4 is 15.5 Å². The van der Waals surface area contributed by atoms with E-state index in [9.17, 15) is 4.79 Å². The van der Waals surface area contributed by atoms with E-state index in [0.717, 1.165) is 60.9 Å². The molecule has 2 fully saturated rings. The summed E-state index contributed by atoms with van der Waals surface area (Å²) in [6.07, 6.45) is 5.46. The molecule has 2 saturated heterocycles. The minimum atomic E-state index is -0.160. The molecule has 2 atom stereocenters. The van der Waals surface area contributed by atoms with Gasteiger partial charge in [0.15, 0.2) is 0 Å². The molecule has 5 heterocycles. The monoisotopic (exact) mass is 398 g/mol. The lowest BCUT2D eigenvalue weighted by Gasteiger charge is -2.18. The van der Waals surface area contributed by atoms with Crippen molar-refractivity contribution in [2.75, 3.05) is 36.4 Å². The molecular weight excluding hydrogens is 376 g/mol.